The number of nitrogens with one attached hydrogen (secondary N) is 1. The largest absolute Gasteiger partial charge is 0.381 e. The highest BCUT2D eigenvalue weighted by Crippen LogP contribution is 2.34. The van der Waals surface area contributed by atoms with Crippen LogP contribution < -0.4 is 4.90 Å². The van der Waals surface area contributed by atoms with Crippen molar-refractivity contribution in [1.29, 1.82) is 0 Å². The summed E-state index contributed by atoms with van der Waals surface area (Å²) in [4.78, 5) is 11.0. The number of hydrogen-bond acceptors (Lipinski definition) is 6. The van der Waals surface area contributed by atoms with Crippen molar-refractivity contribution < 1.29 is 5.11 Å². The fraction of sp³-hybridized carbons (Fsp3) is 0.538. The van der Waals surface area contributed by atoms with Gasteiger partial charge in [0.05, 0.1) is 12.7 Å². The molecule has 7 heteroatoms. The number of H-pyrrole nitrogens is 1. The molecule has 0 aromatic carbocycles. The summed E-state index contributed by atoms with van der Waals surface area (Å²) in [5.41, 5.74) is 1.65. The van der Waals surface area contributed by atoms with Crippen molar-refractivity contribution in [2.45, 2.75) is 32.8 Å². The van der Waals surface area contributed by atoms with Crippen LogP contribution in [0.2, 0.25) is 0 Å². The predicted molar refractivity (Wildman–Crippen MR) is 73.4 cm³/mol. The molecule has 2 aromatic heterocycles. The van der Waals surface area contributed by atoms with Crippen molar-refractivity contribution in [2.24, 2.45) is 0 Å². The van der Waals surface area contributed by atoms with Crippen molar-refractivity contribution in [3.8, 4) is 0 Å². The first kappa shape index (κ1) is 13.0. The van der Waals surface area contributed by atoms with Crippen molar-refractivity contribution >= 4 is 5.82 Å². The Morgan fingerprint density at radius 1 is 1.30 bits per heavy atom. The number of nitrogens with zero attached hydrogens (tertiary/aromatic N) is 5. The Morgan fingerprint density at radius 2 is 2.10 bits per heavy atom. The van der Waals surface area contributed by atoms with Crippen LogP contribution in [0.1, 0.15) is 29.2 Å². The quantitative estimate of drug-likeness (QED) is 0.834. The molecular weight excluding hydrogens is 256 g/mol. The molecule has 1 aliphatic heterocycles. The summed E-state index contributed by atoms with van der Waals surface area (Å²) in [5.74, 6) is 1.65. The first-order valence-electron chi connectivity index (χ1n) is 6.65. The van der Waals surface area contributed by atoms with Gasteiger partial charge in [0.15, 0.2) is 0 Å². The van der Waals surface area contributed by atoms with Crippen molar-refractivity contribution in [2.75, 3.05) is 18.0 Å². The Bertz CT molecular complexity index is 626. The second kappa shape index (κ2) is 4.52. The summed E-state index contributed by atoms with van der Waals surface area (Å²) in [6.45, 7) is 7.08. The van der Waals surface area contributed by atoms with Gasteiger partial charge in [-0.15, -0.1) is 0 Å². The fourth-order valence-corrected chi connectivity index (χ4v) is 2.67. The molecule has 0 aliphatic carbocycles. The van der Waals surface area contributed by atoms with Crippen LogP contribution in [0.25, 0.3) is 0 Å². The zero-order valence-electron chi connectivity index (χ0n) is 11.9. The van der Waals surface area contributed by atoms with E-state index < -0.39 is 5.60 Å². The topological polar surface area (TPSA) is 90.8 Å². The van der Waals surface area contributed by atoms with Crippen LogP contribution >= 0.6 is 0 Å². The molecule has 0 unspecified atom stereocenters. The SMILES string of the molecule is Cc1nc(C)c(C)c(N2CC[C@](O)(c3cn[nH]n3)C2)n1. The van der Waals surface area contributed by atoms with Crippen LogP contribution in [0.3, 0.4) is 0 Å². The lowest BCUT2D eigenvalue weighted by atomic mass is 10.00. The first-order chi connectivity index (χ1) is 9.49. The van der Waals surface area contributed by atoms with Crippen LogP contribution in [-0.2, 0) is 5.60 Å². The summed E-state index contributed by atoms with van der Waals surface area (Å²) >= 11 is 0. The zero-order chi connectivity index (χ0) is 14.3. The second-order valence-corrected chi connectivity index (χ2v) is 5.36. The predicted octanol–water partition coefficient (Wildman–Crippen LogP) is 0.618. The van der Waals surface area contributed by atoms with Crippen molar-refractivity contribution in [3.05, 3.63) is 29.0 Å². The normalized spacial score (nSPS) is 22.5. The average molecular weight is 274 g/mol. The van der Waals surface area contributed by atoms with Crippen LogP contribution in [0.5, 0.6) is 0 Å². The lowest BCUT2D eigenvalue weighted by molar-refractivity contribution is 0.0559. The van der Waals surface area contributed by atoms with E-state index in [2.05, 4.69) is 30.3 Å². The molecule has 3 rings (SSSR count). The molecule has 106 valence electrons. The summed E-state index contributed by atoms with van der Waals surface area (Å²) < 4.78 is 0. The number of aromatic nitrogens is 5. The Labute approximate surface area is 117 Å². The summed E-state index contributed by atoms with van der Waals surface area (Å²) in [6.07, 6.45) is 2.19. The first-order valence-corrected chi connectivity index (χ1v) is 6.65. The maximum absolute atomic E-state index is 10.7. The maximum atomic E-state index is 10.7. The average Bonchev–Trinajstić information content (AvgIpc) is 3.03. The second-order valence-electron chi connectivity index (χ2n) is 5.36. The van der Waals surface area contributed by atoms with Gasteiger partial charge in [0.1, 0.15) is 22.9 Å². The molecule has 0 amide bonds. The van der Waals surface area contributed by atoms with E-state index in [0.717, 1.165) is 29.4 Å². The summed E-state index contributed by atoms with van der Waals surface area (Å²) in [7, 11) is 0. The van der Waals surface area contributed by atoms with Crippen molar-refractivity contribution in [1.82, 2.24) is 25.4 Å². The highest BCUT2D eigenvalue weighted by atomic mass is 16.3. The Balaban J connectivity index is 1.91. The molecule has 7 nitrogen and oxygen atoms in total. The zero-order valence-corrected chi connectivity index (χ0v) is 11.9. The van der Waals surface area contributed by atoms with E-state index in [-0.39, 0.29) is 0 Å². The summed E-state index contributed by atoms with van der Waals surface area (Å²) in [5, 5.41) is 21.0. The molecule has 0 radical (unpaired) electrons. The molecule has 1 aliphatic rings. The van der Waals surface area contributed by atoms with E-state index in [1.165, 1.54) is 0 Å². The minimum absolute atomic E-state index is 0.469. The molecule has 1 atom stereocenters. The van der Waals surface area contributed by atoms with Gasteiger partial charge in [-0.3, -0.25) is 0 Å². The van der Waals surface area contributed by atoms with E-state index in [1.807, 2.05) is 20.8 Å². The lowest BCUT2D eigenvalue weighted by Crippen LogP contribution is -2.32. The molecule has 0 spiro atoms. The van der Waals surface area contributed by atoms with Gasteiger partial charge in [-0.2, -0.15) is 15.4 Å². The molecule has 0 bridgehead atoms. The smallest absolute Gasteiger partial charge is 0.135 e. The van der Waals surface area contributed by atoms with Gasteiger partial charge < -0.3 is 10.0 Å². The molecule has 0 saturated carbocycles. The third kappa shape index (κ3) is 2.03. The van der Waals surface area contributed by atoms with Gasteiger partial charge in [0, 0.05) is 24.2 Å². The van der Waals surface area contributed by atoms with Crippen molar-refractivity contribution in [3.63, 3.8) is 0 Å². The molecule has 20 heavy (non-hydrogen) atoms. The minimum atomic E-state index is -0.966. The Kier molecular flexibility index (Phi) is 2.93. The lowest BCUT2D eigenvalue weighted by Gasteiger charge is -2.23. The highest BCUT2D eigenvalue weighted by molar-refractivity contribution is 5.50. The van der Waals surface area contributed by atoms with Gasteiger partial charge in [0.2, 0.25) is 0 Å². The van der Waals surface area contributed by atoms with E-state index in [1.54, 1.807) is 6.20 Å². The van der Waals surface area contributed by atoms with E-state index in [9.17, 15) is 5.11 Å². The molecule has 1 saturated heterocycles. The number of aromatic amines is 1. The Hall–Kier alpha value is -2.02. The van der Waals surface area contributed by atoms with Crippen LogP contribution in [0.15, 0.2) is 6.20 Å². The molecular formula is C13H18N6O. The van der Waals surface area contributed by atoms with Gasteiger partial charge in [-0.1, -0.05) is 0 Å². The number of anilines is 1. The van der Waals surface area contributed by atoms with Gasteiger partial charge in [-0.05, 0) is 20.8 Å². The number of aryl methyl sites for hydroxylation is 2. The van der Waals surface area contributed by atoms with Crippen LogP contribution in [0, 0.1) is 20.8 Å². The number of aliphatic hydroxyl groups is 1. The molecule has 2 aromatic rings. The van der Waals surface area contributed by atoms with Crippen LogP contribution in [-0.4, -0.2) is 43.6 Å². The maximum Gasteiger partial charge on any atom is 0.135 e. The number of β-amino-alcohol motifs (C(OH)–C–C–N with tert-alkyl or cyclic N) is 1. The third-order valence-electron chi connectivity index (χ3n) is 3.91. The minimum Gasteiger partial charge on any atom is -0.381 e. The van der Waals surface area contributed by atoms with Gasteiger partial charge in [0.25, 0.3) is 0 Å². The highest BCUT2D eigenvalue weighted by Gasteiger charge is 2.40. The van der Waals surface area contributed by atoms with E-state index >= 15 is 0 Å². The molecule has 3 heterocycles. The van der Waals surface area contributed by atoms with E-state index in [4.69, 9.17) is 0 Å². The molecule has 1 fully saturated rings. The third-order valence-corrected chi connectivity index (χ3v) is 3.91. The Morgan fingerprint density at radius 3 is 2.80 bits per heavy atom. The number of hydrogen-bond donors (Lipinski definition) is 2. The van der Waals surface area contributed by atoms with Crippen LogP contribution in [0.4, 0.5) is 5.82 Å². The van der Waals surface area contributed by atoms with Gasteiger partial charge in [-0.25, -0.2) is 9.97 Å². The monoisotopic (exact) mass is 274 g/mol. The van der Waals surface area contributed by atoms with E-state index in [0.29, 0.717) is 18.7 Å². The molecule has 2 N–H and O–H groups in total. The standard InChI is InChI=1S/C13H18N6O/c1-8-9(2)15-10(3)16-12(8)19-5-4-13(20,7-19)11-6-14-18-17-11/h6,20H,4-5,7H2,1-3H3,(H,14,17,18)/t13-/m1/s1. The number of rotatable bonds is 2. The van der Waals surface area contributed by atoms with Gasteiger partial charge >= 0.3 is 0 Å². The fourth-order valence-electron chi connectivity index (χ4n) is 2.67. The summed E-state index contributed by atoms with van der Waals surface area (Å²) in [6, 6.07) is 0.